The molecule has 8 nitrogen and oxygen atoms in total. The number of cyclic esters (lactones) is 1. The molecule has 0 bridgehead atoms. The molecule has 0 saturated carbocycles. The summed E-state index contributed by atoms with van der Waals surface area (Å²) in [6.45, 7) is 5.98. The number of carbonyl (C=O) groups is 3. The van der Waals surface area contributed by atoms with Crippen molar-refractivity contribution in [2.75, 3.05) is 12.4 Å². The number of anilines is 1. The number of nitrogens with one attached hydrogen (secondary N) is 2. The van der Waals surface area contributed by atoms with Gasteiger partial charge in [0.15, 0.2) is 12.1 Å². The largest absolute Gasteiger partial charge is 0.497 e. The minimum Gasteiger partial charge on any atom is -0.497 e. The van der Waals surface area contributed by atoms with Crippen molar-refractivity contribution in [3.8, 4) is 5.75 Å². The van der Waals surface area contributed by atoms with Crippen molar-refractivity contribution in [1.29, 1.82) is 0 Å². The first-order chi connectivity index (χ1) is 17.7. The van der Waals surface area contributed by atoms with E-state index in [0.29, 0.717) is 22.6 Å². The molecule has 37 heavy (non-hydrogen) atoms. The molecule has 1 saturated heterocycles. The minimum atomic E-state index is -0.839. The van der Waals surface area contributed by atoms with Crippen molar-refractivity contribution in [3.63, 3.8) is 0 Å². The van der Waals surface area contributed by atoms with E-state index in [2.05, 4.69) is 10.6 Å². The first-order valence-electron chi connectivity index (χ1n) is 12.1. The summed E-state index contributed by atoms with van der Waals surface area (Å²) in [4.78, 5) is 40.2. The van der Waals surface area contributed by atoms with Crippen LogP contribution in [0.1, 0.15) is 47.0 Å². The Morgan fingerprint density at radius 3 is 2.38 bits per heavy atom. The first kappa shape index (κ1) is 25.8. The summed E-state index contributed by atoms with van der Waals surface area (Å²) in [5.41, 5.74) is 3.70. The van der Waals surface area contributed by atoms with Gasteiger partial charge in [0.25, 0.3) is 5.91 Å². The van der Waals surface area contributed by atoms with Crippen LogP contribution in [-0.2, 0) is 16.1 Å². The SMILES string of the molecule is COc1cccc(C(=O)Nc2ccc([C@H]3OC(=O)N(Cc4ccc(C)cc4)[C@@H]3C(=O)NC(C)C)cc2)c1. The lowest BCUT2D eigenvalue weighted by atomic mass is 10.00. The molecule has 2 N–H and O–H groups in total. The third-order valence-electron chi connectivity index (χ3n) is 6.09. The van der Waals surface area contributed by atoms with Gasteiger partial charge in [-0.3, -0.25) is 14.5 Å². The average molecular weight is 502 g/mol. The molecule has 0 unspecified atom stereocenters. The van der Waals surface area contributed by atoms with Gasteiger partial charge in [0, 0.05) is 17.3 Å². The van der Waals surface area contributed by atoms with Crippen LogP contribution in [0.15, 0.2) is 72.8 Å². The second-order valence-corrected chi connectivity index (χ2v) is 9.33. The Morgan fingerprint density at radius 1 is 1.03 bits per heavy atom. The second kappa shape index (κ2) is 11.2. The lowest BCUT2D eigenvalue weighted by molar-refractivity contribution is -0.126. The third kappa shape index (κ3) is 6.09. The smallest absolute Gasteiger partial charge is 0.411 e. The maximum atomic E-state index is 13.2. The molecule has 0 aromatic heterocycles. The van der Waals surface area contributed by atoms with Crippen molar-refractivity contribution in [1.82, 2.24) is 10.2 Å². The van der Waals surface area contributed by atoms with Crippen molar-refractivity contribution in [2.24, 2.45) is 0 Å². The summed E-state index contributed by atoms with van der Waals surface area (Å²) in [6, 6.07) is 20.7. The van der Waals surface area contributed by atoms with Crippen LogP contribution in [0.2, 0.25) is 0 Å². The van der Waals surface area contributed by atoms with Crippen LogP contribution in [0.3, 0.4) is 0 Å². The average Bonchev–Trinajstić information content (AvgIpc) is 3.21. The number of hydrogen-bond acceptors (Lipinski definition) is 5. The predicted molar refractivity (Wildman–Crippen MR) is 140 cm³/mol. The van der Waals surface area contributed by atoms with Gasteiger partial charge >= 0.3 is 6.09 Å². The van der Waals surface area contributed by atoms with Gasteiger partial charge in [-0.05, 0) is 62.2 Å². The van der Waals surface area contributed by atoms with Gasteiger partial charge in [-0.1, -0.05) is 48.0 Å². The molecule has 2 atom stereocenters. The van der Waals surface area contributed by atoms with Crippen molar-refractivity contribution in [3.05, 3.63) is 95.1 Å². The lowest BCUT2D eigenvalue weighted by Gasteiger charge is -2.25. The van der Waals surface area contributed by atoms with Gasteiger partial charge in [0.1, 0.15) is 5.75 Å². The Hall–Kier alpha value is -4.33. The van der Waals surface area contributed by atoms with E-state index in [0.717, 1.165) is 11.1 Å². The van der Waals surface area contributed by atoms with E-state index in [9.17, 15) is 14.4 Å². The monoisotopic (exact) mass is 501 g/mol. The normalized spacial score (nSPS) is 16.9. The molecule has 0 aliphatic carbocycles. The Bertz CT molecular complexity index is 1270. The van der Waals surface area contributed by atoms with Gasteiger partial charge in [-0.15, -0.1) is 0 Å². The van der Waals surface area contributed by atoms with E-state index in [1.165, 1.54) is 4.90 Å². The summed E-state index contributed by atoms with van der Waals surface area (Å²) in [5.74, 6) is 0.0257. The van der Waals surface area contributed by atoms with Crippen molar-refractivity contribution >= 4 is 23.6 Å². The lowest BCUT2D eigenvalue weighted by Crippen LogP contribution is -2.48. The topological polar surface area (TPSA) is 97.0 Å². The fraction of sp³-hybridized carbons (Fsp3) is 0.276. The number of aryl methyl sites for hydroxylation is 1. The summed E-state index contributed by atoms with van der Waals surface area (Å²) < 4.78 is 10.9. The van der Waals surface area contributed by atoms with Crippen LogP contribution < -0.4 is 15.4 Å². The molecule has 3 amide bonds. The van der Waals surface area contributed by atoms with Gasteiger partial charge in [-0.25, -0.2) is 4.79 Å². The fourth-order valence-corrected chi connectivity index (χ4v) is 4.19. The first-order valence-corrected chi connectivity index (χ1v) is 12.1. The van der Waals surface area contributed by atoms with Crippen LogP contribution in [0.25, 0.3) is 0 Å². The molecule has 0 radical (unpaired) electrons. The molecule has 8 heteroatoms. The van der Waals surface area contributed by atoms with Crippen LogP contribution in [0, 0.1) is 6.92 Å². The molecule has 192 valence electrons. The molecule has 0 spiro atoms. The summed E-state index contributed by atoms with van der Waals surface area (Å²) in [6.07, 6.45) is -1.34. The van der Waals surface area contributed by atoms with Gasteiger partial charge in [0.2, 0.25) is 5.91 Å². The molecule has 3 aromatic rings. The minimum absolute atomic E-state index is 0.0979. The standard InChI is InChI=1S/C29H31N3O5/c1-18(2)30-28(34)25-26(37-29(35)32(25)17-20-10-8-19(3)9-11-20)21-12-14-23(15-13-21)31-27(33)22-6-5-7-24(16-22)36-4/h5-16,18,25-26H,17H2,1-4H3,(H,30,34)(H,31,33)/t25-,26+/m0/s1. The number of rotatable bonds is 8. The molecule has 1 fully saturated rings. The van der Waals surface area contributed by atoms with E-state index in [-0.39, 0.29) is 24.4 Å². The number of benzene rings is 3. The number of carbonyl (C=O) groups excluding carboxylic acids is 3. The zero-order valence-electron chi connectivity index (χ0n) is 21.4. The van der Waals surface area contributed by atoms with E-state index in [4.69, 9.17) is 9.47 Å². The number of hydrogen-bond donors (Lipinski definition) is 2. The summed E-state index contributed by atoms with van der Waals surface area (Å²) >= 11 is 0. The summed E-state index contributed by atoms with van der Waals surface area (Å²) in [7, 11) is 1.54. The zero-order valence-corrected chi connectivity index (χ0v) is 21.4. The molecule has 1 heterocycles. The summed E-state index contributed by atoms with van der Waals surface area (Å²) in [5, 5.41) is 5.76. The molecule has 1 aliphatic rings. The Morgan fingerprint density at radius 2 is 1.73 bits per heavy atom. The second-order valence-electron chi connectivity index (χ2n) is 9.33. The molecule has 1 aliphatic heterocycles. The fourth-order valence-electron chi connectivity index (χ4n) is 4.19. The third-order valence-corrected chi connectivity index (χ3v) is 6.09. The Labute approximate surface area is 216 Å². The van der Waals surface area contributed by atoms with Gasteiger partial charge < -0.3 is 20.1 Å². The van der Waals surface area contributed by atoms with E-state index < -0.39 is 18.2 Å². The van der Waals surface area contributed by atoms with E-state index in [1.54, 1.807) is 55.6 Å². The number of methoxy groups -OCH3 is 1. The van der Waals surface area contributed by atoms with Crippen molar-refractivity contribution < 1.29 is 23.9 Å². The number of ether oxygens (including phenoxy) is 2. The number of nitrogens with zero attached hydrogens (tertiary/aromatic N) is 1. The maximum Gasteiger partial charge on any atom is 0.411 e. The zero-order chi connectivity index (χ0) is 26.5. The Balaban J connectivity index is 1.54. The Kier molecular flexibility index (Phi) is 7.77. The molecule has 3 aromatic carbocycles. The van der Waals surface area contributed by atoms with Crippen molar-refractivity contribution in [2.45, 2.75) is 45.5 Å². The highest BCUT2D eigenvalue weighted by molar-refractivity contribution is 6.04. The van der Waals surface area contributed by atoms with Crippen LogP contribution in [-0.4, -0.2) is 42.0 Å². The van der Waals surface area contributed by atoms with Crippen LogP contribution in [0.4, 0.5) is 10.5 Å². The molecular weight excluding hydrogens is 470 g/mol. The number of amides is 3. The highest BCUT2D eigenvalue weighted by Crippen LogP contribution is 2.34. The predicted octanol–water partition coefficient (Wildman–Crippen LogP) is 4.84. The quantitative estimate of drug-likeness (QED) is 0.460. The van der Waals surface area contributed by atoms with Crippen LogP contribution in [0.5, 0.6) is 5.75 Å². The van der Waals surface area contributed by atoms with Crippen LogP contribution >= 0.6 is 0 Å². The van der Waals surface area contributed by atoms with E-state index in [1.807, 2.05) is 45.0 Å². The molecule has 4 rings (SSSR count). The van der Waals surface area contributed by atoms with Gasteiger partial charge in [-0.2, -0.15) is 0 Å². The highest BCUT2D eigenvalue weighted by atomic mass is 16.6. The maximum absolute atomic E-state index is 13.2. The highest BCUT2D eigenvalue weighted by Gasteiger charge is 2.47. The van der Waals surface area contributed by atoms with E-state index >= 15 is 0 Å². The van der Waals surface area contributed by atoms with Gasteiger partial charge in [0.05, 0.1) is 13.7 Å². The molecular formula is C29H31N3O5.